The molecule has 136 valence electrons. The number of aromatic hydroxyl groups is 2. The number of ether oxygens (including phenoxy) is 1. The third-order valence-corrected chi connectivity index (χ3v) is 6.73. The lowest BCUT2D eigenvalue weighted by molar-refractivity contribution is -0.148. The Balaban J connectivity index is 2.06. The van der Waals surface area contributed by atoms with Crippen molar-refractivity contribution in [3.63, 3.8) is 0 Å². The van der Waals surface area contributed by atoms with E-state index in [1.54, 1.807) is 6.07 Å². The molecule has 0 amide bonds. The number of phenolic OH excluding ortho intramolecular Hbond substituents is 2. The van der Waals surface area contributed by atoms with E-state index in [1.807, 2.05) is 13.8 Å². The van der Waals surface area contributed by atoms with Gasteiger partial charge in [0.1, 0.15) is 17.6 Å². The number of phenols is 2. The number of aliphatic hydroxyl groups excluding tert-OH is 1. The monoisotopic (exact) mass is 346 g/mol. The van der Waals surface area contributed by atoms with Gasteiger partial charge in [0.2, 0.25) is 0 Å². The minimum Gasteiger partial charge on any atom is -0.504 e. The summed E-state index contributed by atoms with van der Waals surface area (Å²) in [5.74, 6) is -1.05. The molecule has 1 heterocycles. The summed E-state index contributed by atoms with van der Waals surface area (Å²) in [5.41, 5.74) is 0.319. The van der Waals surface area contributed by atoms with Crippen LogP contribution in [0.5, 0.6) is 11.5 Å². The van der Waals surface area contributed by atoms with E-state index in [1.165, 1.54) is 0 Å². The molecule has 25 heavy (non-hydrogen) atoms. The summed E-state index contributed by atoms with van der Waals surface area (Å²) in [5, 5.41) is 32.4. The fourth-order valence-corrected chi connectivity index (χ4v) is 5.70. The van der Waals surface area contributed by atoms with Gasteiger partial charge in [-0.3, -0.25) is 4.79 Å². The molecule has 0 aromatic heterocycles. The van der Waals surface area contributed by atoms with E-state index in [9.17, 15) is 20.1 Å². The molecule has 0 spiro atoms. The average molecular weight is 346 g/mol. The summed E-state index contributed by atoms with van der Waals surface area (Å²) >= 11 is 0. The van der Waals surface area contributed by atoms with Crippen molar-refractivity contribution in [1.29, 1.82) is 0 Å². The first kappa shape index (κ1) is 16.7. The molecule has 5 nitrogen and oxygen atoms in total. The summed E-state index contributed by atoms with van der Waals surface area (Å²) in [7, 11) is 0. The maximum Gasteiger partial charge on any atom is 0.317 e. The molecular weight excluding hydrogens is 320 g/mol. The number of carbonyl (C=O) groups is 1. The Bertz CT molecular complexity index is 766. The van der Waals surface area contributed by atoms with Crippen molar-refractivity contribution < 1.29 is 24.9 Å². The van der Waals surface area contributed by atoms with Crippen LogP contribution >= 0.6 is 0 Å². The number of aliphatic hydroxyl groups is 1. The summed E-state index contributed by atoms with van der Waals surface area (Å²) in [6.07, 6.45) is 0.767. The van der Waals surface area contributed by atoms with Gasteiger partial charge in [0.15, 0.2) is 11.5 Å². The van der Waals surface area contributed by atoms with Crippen molar-refractivity contribution >= 4 is 5.97 Å². The number of hydrogen-bond acceptors (Lipinski definition) is 5. The molecule has 4 rings (SSSR count). The summed E-state index contributed by atoms with van der Waals surface area (Å²) in [6, 6.07) is 1.74. The number of esters is 1. The molecule has 1 aromatic carbocycles. The second-order valence-corrected chi connectivity index (χ2v) is 8.89. The number of rotatable bonds is 1. The lowest BCUT2D eigenvalue weighted by atomic mass is 9.49. The van der Waals surface area contributed by atoms with Crippen LogP contribution in [0.2, 0.25) is 0 Å². The summed E-state index contributed by atoms with van der Waals surface area (Å²) in [4.78, 5) is 13.0. The maximum atomic E-state index is 13.0. The largest absolute Gasteiger partial charge is 0.504 e. The van der Waals surface area contributed by atoms with E-state index in [0.29, 0.717) is 23.1 Å². The van der Waals surface area contributed by atoms with Gasteiger partial charge in [-0.05, 0) is 35.8 Å². The fourth-order valence-electron chi connectivity index (χ4n) is 5.70. The van der Waals surface area contributed by atoms with Gasteiger partial charge in [-0.25, -0.2) is 0 Å². The lowest BCUT2D eigenvalue weighted by Gasteiger charge is -2.51. The first-order chi connectivity index (χ1) is 11.6. The molecule has 1 saturated heterocycles. The first-order valence-electron chi connectivity index (χ1n) is 9.11. The highest BCUT2D eigenvalue weighted by Crippen LogP contribution is 2.66. The van der Waals surface area contributed by atoms with Crippen LogP contribution in [0.4, 0.5) is 0 Å². The second kappa shape index (κ2) is 4.91. The van der Waals surface area contributed by atoms with Crippen LogP contribution in [-0.4, -0.2) is 27.4 Å². The van der Waals surface area contributed by atoms with Gasteiger partial charge >= 0.3 is 5.97 Å². The molecule has 4 atom stereocenters. The Morgan fingerprint density at radius 3 is 2.52 bits per heavy atom. The Morgan fingerprint density at radius 2 is 1.88 bits per heavy atom. The van der Waals surface area contributed by atoms with Crippen molar-refractivity contribution in [1.82, 2.24) is 0 Å². The molecule has 1 aliphatic heterocycles. The number of fused-ring (bicyclic) bond motifs is 1. The van der Waals surface area contributed by atoms with Gasteiger partial charge in [0, 0.05) is 17.0 Å². The van der Waals surface area contributed by atoms with Crippen molar-refractivity contribution in [3.8, 4) is 11.5 Å². The van der Waals surface area contributed by atoms with E-state index < -0.39 is 17.6 Å². The van der Waals surface area contributed by atoms with Crippen LogP contribution in [0.1, 0.15) is 75.7 Å². The normalized spacial score (nSPS) is 35.3. The number of hydrogen-bond donors (Lipinski definition) is 3. The zero-order valence-electron chi connectivity index (χ0n) is 15.2. The average Bonchev–Trinajstić information content (AvgIpc) is 2.79. The first-order valence-corrected chi connectivity index (χ1v) is 9.11. The van der Waals surface area contributed by atoms with Crippen molar-refractivity contribution in [2.24, 2.45) is 11.3 Å². The number of carbonyl (C=O) groups excluding carboxylic acids is 1. The Kier molecular flexibility index (Phi) is 3.28. The van der Waals surface area contributed by atoms with Gasteiger partial charge in [-0.15, -0.1) is 0 Å². The highest BCUT2D eigenvalue weighted by atomic mass is 16.6. The van der Waals surface area contributed by atoms with Gasteiger partial charge in [-0.1, -0.05) is 34.1 Å². The van der Waals surface area contributed by atoms with Crippen LogP contribution in [0.25, 0.3) is 0 Å². The lowest BCUT2D eigenvalue weighted by Crippen LogP contribution is -2.54. The molecule has 3 aliphatic rings. The minimum atomic E-state index is -0.985. The van der Waals surface area contributed by atoms with Crippen LogP contribution in [0.15, 0.2) is 6.07 Å². The van der Waals surface area contributed by atoms with Crippen molar-refractivity contribution in [2.75, 3.05) is 0 Å². The van der Waals surface area contributed by atoms with Crippen molar-refractivity contribution in [3.05, 3.63) is 22.8 Å². The number of benzene rings is 1. The standard InChI is InChI=1S/C20H26O5/c1-9(2)10-8-11-12(15(23)13(10)21)20-7-5-6-19(3,4)17(20)16(14(11)22)25-18(20)24/h8-9,14,16-17,21-23H,5-7H2,1-4H3/t14-,16-,17-,20+/m1/s1. The highest BCUT2D eigenvalue weighted by molar-refractivity contribution is 5.90. The topological polar surface area (TPSA) is 87.0 Å². The molecule has 2 bridgehead atoms. The highest BCUT2D eigenvalue weighted by Gasteiger charge is 2.70. The molecule has 3 N–H and O–H groups in total. The smallest absolute Gasteiger partial charge is 0.317 e. The van der Waals surface area contributed by atoms with E-state index in [2.05, 4.69) is 13.8 Å². The van der Waals surface area contributed by atoms with Crippen LogP contribution in [0.3, 0.4) is 0 Å². The summed E-state index contributed by atoms with van der Waals surface area (Å²) < 4.78 is 5.67. The third kappa shape index (κ3) is 1.85. The molecule has 0 radical (unpaired) electrons. The van der Waals surface area contributed by atoms with Crippen molar-refractivity contribution in [2.45, 2.75) is 70.5 Å². The quantitative estimate of drug-likeness (QED) is 0.537. The second-order valence-electron chi connectivity index (χ2n) is 8.89. The summed E-state index contributed by atoms with van der Waals surface area (Å²) in [6.45, 7) is 8.02. The molecule has 1 saturated carbocycles. The van der Waals surface area contributed by atoms with E-state index in [-0.39, 0.29) is 34.7 Å². The van der Waals surface area contributed by atoms with E-state index in [0.717, 1.165) is 12.8 Å². The van der Waals surface area contributed by atoms with Crippen LogP contribution in [-0.2, 0) is 14.9 Å². The predicted molar refractivity (Wildman–Crippen MR) is 91.5 cm³/mol. The van der Waals surface area contributed by atoms with Crippen LogP contribution < -0.4 is 0 Å². The van der Waals surface area contributed by atoms with E-state index >= 15 is 0 Å². The van der Waals surface area contributed by atoms with E-state index in [4.69, 9.17) is 4.74 Å². The third-order valence-electron chi connectivity index (χ3n) is 6.73. The molecule has 2 fully saturated rings. The minimum absolute atomic E-state index is 0.0179. The molecule has 2 aliphatic carbocycles. The van der Waals surface area contributed by atoms with Gasteiger partial charge < -0.3 is 20.1 Å². The predicted octanol–water partition coefficient (Wildman–Crippen LogP) is 3.26. The van der Waals surface area contributed by atoms with Gasteiger partial charge in [0.25, 0.3) is 0 Å². The zero-order chi connectivity index (χ0) is 18.3. The molecule has 0 unspecified atom stereocenters. The van der Waals surface area contributed by atoms with Crippen LogP contribution in [0, 0.1) is 11.3 Å². The van der Waals surface area contributed by atoms with Gasteiger partial charge in [-0.2, -0.15) is 0 Å². The maximum absolute atomic E-state index is 13.0. The molecule has 1 aromatic rings. The Labute approximate surface area is 147 Å². The Morgan fingerprint density at radius 1 is 1.20 bits per heavy atom. The SMILES string of the molecule is CC(C)c1cc2c(c(O)c1O)[C@@]13CCCC(C)(C)[C@H]1[C@H](OC3=O)[C@@H]2O. The molecule has 5 heteroatoms. The molecular formula is C20H26O5. The van der Waals surface area contributed by atoms with Gasteiger partial charge in [0.05, 0.1) is 0 Å². The fraction of sp³-hybridized carbons (Fsp3) is 0.650. The zero-order valence-corrected chi connectivity index (χ0v) is 15.2. The Hall–Kier alpha value is -1.75.